The average molecular weight is 228 g/mol. The van der Waals surface area contributed by atoms with Crippen molar-refractivity contribution in [1.82, 2.24) is 10.6 Å². The van der Waals surface area contributed by atoms with Crippen LogP contribution in [0.5, 0.6) is 0 Å². The van der Waals surface area contributed by atoms with Crippen LogP contribution < -0.4 is 10.6 Å². The first-order valence-corrected chi connectivity index (χ1v) is 6.74. The summed E-state index contributed by atoms with van der Waals surface area (Å²) in [6.07, 6.45) is 6.82. The molecule has 0 aromatic heterocycles. The molecule has 0 fully saturated rings. The maximum absolute atomic E-state index is 11.6. The fourth-order valence-corrected chi connectivity index (χ4v) is 1.75. The van der Waals surface area contributed by atoms with Crippen LogP contribution >= 0.6 is 0 Å². The minimum atomic E-state index is 0.142. The van der Waals surface area contributed by atoms with E-state index in [2.05, 4.69) is 31.4 Å². The Morgan fingerprint density at radius 2 is 1.81 bits per heavy atom. The monoisotopic (exact) mass is 228 g/mol. The Balaban J connectivity index is 3.73. The highest BCUT2D eigenvalue weighted by Gasteiger charge is 2.10. The molecule has 0 heterocycles. The third kappa shape index (κ3) is 8.72. The second-order valence-corrected chi connectivity index (χ2v) is 4.37. The maximum atomic E-state index is 11.6. The fourth-order valence-electron chi connectivity index (χ4n) is 1.75. The number of rotatable bonds is 10. The SMILES string of the molecule is CCCCC(CCC)NC(=O)CNCCC. The molecule has 1 atom stereocenters. The van der Waals surface area contributed by atoms with Crippen LogP contribution in [0.2, 0.25) is 0 Å². The number of nitrogens with one attached hydrogen (secondary N) is 2. The van der Waals surface area contributed by atoms with Crippen molar-refractivity contribution in [3.8, 4) is 0 Å². The van der Waals surface area contributed by atoms with Crippen molar-refractivity contribution in [3.05, 3.63) is 0 Å². The van der Waals surface area contributed by atoms with Crippen LogP contribution in [0.3, 0.4) is 0 Å². The molecule has 3 nitrogen and oxygen atoms in total. The summed E-state index contributed by atoms with van der Waals surface area (Å²) < 4.78 is 0. The van der Waals surface area contributed by atoms with Crippen LogP contribution in [0.1, 0.15) is 59.3 Å². The predicted octanol–water partition coefficient (Wildman–Crippen LogP) is 2.46. The lowest BCUT2D eigenvalue weighted by Gasteiger charge is -2.18. The topological polar surface area (TPSA) is 41.1 Å². The molecule has 16 heavy (non-hydrogen) atoms. The third-order valence-electron chi connectivity index (χ3n) is 2.62. The van der Waals surface area contributed by atoms with Gasteiger partial charge in [0, 0.05) is 6.04 Å². The molecule has 0 bridgehead atoms. The van der Waals surface area contributed by atoms with Gasteiger partial charge in [-0.2, -0.15) is 0 Å². The highest BCUT2D eigenvalue weighted by atomic mass is 16.1. The summed E-state index contributed by atoms with van der Waals surface area (Å²) in [4.78, 5) is 11.6. The lowest BCUT2D eigenvalue weighted by atomic mass is 10.1. The minimum absolute atomic E-state index is 0.142. The molecule has 0 aromatic rings. The van der Waals surface area contributed by atoms with Gasteiger partial charge in [0.25, 0.3) is 0 Å². The van der Waals surface area contributed by atoms with Crippen molar-refractivity contribution < 1.29 is 4.79 Å². The van der Waals surface area contributed by atoms with Gasteiger partial charge < -0.3 is 10.6 Å². The van der Waals surface area contributed by atoms with Crippen LogP contribution in [-0.4, -0.2) is 25.0 Å². The molecule has 0 aliphatic rings. The molecule has 0 saturated carbocycles. The summed E-state index contributed by atoms with van der Waals surface area (Å²) in [7, 11) is 0. The van der Waals surface area contributed by atoms with E-state index in [1.165, 1.54) is 12.8 Å². The van der Waals surface area contributed by atoms with E-state index in [1.54, 1.807) is 0 Å². The van der Waals surface area contributed by atoms with Gasteiger partial charge in [-0.15, -0.1) is 0 Å². The minimum Gasteiger partial charge on any atom is -0.352 e. The molecule has 0 saturated heterocycles. The van der Waals surface area contributed by atoms with Crippen molar-refractivity contribution in [1.29, 1.82) is 0 Å². The molecule has 0 aromatic carbocycles. The van der Waals surface area contributed by atoms with Gasteiger partial charge in [0.2, 0.25) is 5.91 Å². The van der Waals surface area contributed by atoms with Gasteiger partial charge in [-0.3, -0.25) is 4.79 Å². The first-order valence-electron chi connectivity index (χ1n) is 6.74. The van der Waals surface area contributed by atoms with Gasteiger partial charge in [0.1, 0.15) is 0 Å². The zero-order chi connectivity index (χ0) is 12.2. The Morgan fingerprint density at radius 1 is 1.06 bits per heavy atom. The molecule has 96 valence electrons. The first-order chi connectivity index (χ1) is 7.74. The number of hydrogen-bond acceptors (Lipinski definition) is 2. The summed E-state index contributed by atoms with van der Waals surface area (Å²) in [6.45, 7) is 7.83. The molecule has 0 radical (unpaired) electrons. The van der Waals surface area contributed by atoms with Gasteiger partial charge in [-0.05, 0) is 25.8 Å². The lowest BCUT2D eigenvalue weighted by molar-refractivity contribution is -0.121. The Labute approximate surface area is 100 Å². The molecule has 0 rings (SSSR count). The third-order valence-corrected chi connectivity index (χ3v) is 2.62. The van der Waals surface area contributed by atoms with Crippen LogP contribution in [-0.2, 0) is 4.79 Å². The highest BCUT2D eigenvalue weighted by molar-refractivity contribution is 5.78. The Bertz CT molecular complexity index is 171. The van der Waals surface area contributed by atoms with E-state index in [0.29, 0.717) is 12.6 Å². The summed E-state index contributed by atoms with van der Waals surface area (Å²) in [5, 5.41) is 6.24. The van der Waals surface area contributed by atoms with E-state index in [0.717, 1.165) is 32.2 Å². The number of carbonyl (C=O) groups excluding carboxylic acids is 1. The molecular weight excluding hydrogens is 200 g/mol. The second-order valence-electron chi connectivity index (χ2n) is 4.37. The van der Waals surface area contributed by atoms with Crippen molar-refractivity contribution in [2.45, 2.75) is 65.3 Å². The average Bonchev–Trinajstić information content (AvgIpc) is 2.26. The van der Waals surface area contributed by atoms with Crippen molar-refractivity contribution in [2.75, 3.05) is 13.1 Å². The quantitative estimate of drug-likeness (QED) is 0.564. The largest absolute Gasteiger partial charge is 0.352 e. The summed E-state index contributed by atoms with van der Waals surface area (Å²) in [6, 6.07) is 0.376. The summed E-state index contributed by atoms with van der Waals surface area (Å²) >= 11 is 0. The molecule has 0 aliphatic heterocycles. The van der Waals surface area contributed by atoms with Gasteiger partial charge in [-0.25, -0.2) is 0 Å². The molecule has 0 aliphatic carbocycles. The Morgan fingerprint density at radius 3 is 2.38 bits per heavy atom. The number of carbonyl (C=O) groups is 1. The van der Waals surface area contributed by atoms with E-state index in [9.17, 15) is 4.79 Å². The van der Waals surface area contributed by atoms with Gasteiger partial charge in [0.05, 0.1) is 6.54 Å². The standard InChI is InChI=1S/C13H28N2O/c1-4-7-9-12(8-5-2)15-13(16)11-14-10-6-3/h12,14H,4-11H2,1-3H3,(H,15,16). The number of unbranched alkanes of at least 4 members (excludes halogenated alkanes) is 1. The lowest BCUT2D eigenvalue weighted by Crippen LogP contribution is -2.40. The highest BCUT2D eigenvalue weighted by Crippen LogP contribution is 2.06. The first kappa shape index (κ1) is 15.4. The summed E-state index contributed by atoms with van der Waals surface area (Å²) in [5.41, 5.74) is 0. The predicted molar refractivity (Wildman–Crippen MR) is 69.5 cm³/mol. The smallest absolute Gasteiger partial charge is 0.234 e. The molecule has 3 heteroatoms. The maximum Gasteiger partial charge on any atom is 0.234 e. The molecule has 1 unspecified atom stereocenters. The number of hydrogen-bond donors (Lipinski definition) is 2. The Kier molecular flexibility index (Phi) is 10.5. The van der Waals surface area contributed by atoms with Crippen LogP contribution in [0, 0.1) is 0 Å². The van der Waals surface area contributed by atoms with E-state index in [1.807, 2.05) is 0 Å². The van der Waals surface area contributed by atoms with E-state index in [-0.39, 0.29) is 5.91 Å². The van der Waals surface area contributed by atoms with Crippen molar-refractivity contribution in [3.63, 3.8) is 0 Å². The normalized spacial score (nSPS) is 12.4. The molecular formula is C13H28N2O. The van der Waals surface area contributed by atoms with Crippen LogP contribution in [0.15, 0.2) is 0 Å². The fraction of sp³-hybridized carbons (Fsp3) is 0.923. The van der Waals surface area contributed by atoms with E-state index < -0.39 is 0 Å². The van der Waals surface area contributed by atoms with Gasteiger partial charge in [0.15, 0.2) is 0 Å². The van der Waals surface area contributed by atoms with E-state index in [4.69, 9.17) is 0 Å². The second kappa shape index (κ2) is 10.9. The van der Waals surface area contributed by atoms with E-state index >= 15 is 0 Å². The van der Waals surface area contributed by atoms with Gasteiger partial charge in [-0.1, -0.05) is 40.0 Å². The zero-order valence-corrected chi connectivity index (χ0v) is 11.1. The molecule has 0 spiro atoms. The summed E-state index contributed by atoms with van der Waals surface area (Å²) in [5.74, 6) is 0.142. The van der Waals surface area contributed by atoms with Crippen molar-refractivity contribution >= 4 is 5.91 Å². The molecule has 2 N–H and O–H groups in total. The van der Waals surface area contributed by atoms with Crippen LogP contribution in [0.4, 0.5) is 0 Å². The Hall–Kier alpha value is -0.570. The van der Waals surface area contributed by atoms with Gasteiger partial charge >= 0.3 is 0 Å². The van der Waals surface area contributed by atoms with Crippen molar-refractivity contribution in [2.24, 2.45) is 0 Å². The number of amides is 1. The zero-order valence-electron chi connectivity index (χ0n) is 11.1. The van der Waals surface area contributed by atoms with Crippen LogP contribution in [0.25, 0.3) is 0 Å². The molecule has 1 amide bonds.